The Bertz CT molecular complexity index is 550. The second kappa shape index (κ2) is 12.8. The van der Waals surface area contributed by atoms with Gasteiger partial charge in [-0.2, -0.15) is 0 Å². The van der Waals surface area contributed by atoms with Crippen LogP contribution in [-0.2, 0) is 11.3 Å². The number of nitrogens with zero attached hydrogens (tertiary/aromatic N) is 3. The maximum absolute atomic E-state index is 6.07. The van der Waals surface area contributed by atoms with Crippen LogP contribution in [0.25, 0.3) is 0 Å². The molecular formula is C19H32ClIN4O. The van der Waals surface area contributed by atoms with Crippen molar-refractivity contribution in [1.82, 2.24) is 15.1 Å². The first kappa shape index (κ1) is 23.5. The molecular weight excluding hydrogens is 463 g/mol. The van der Waals surface area contributed by atoms with Gasteiger partial charge in [-0.05, 0) is 49.5 Å². The maximum atomic E-state index is 6.07. The van der Waals surface area contributed by atoms with E-state index in [9.17, 15) is 0 Å². The molecule has 0 aliphatic carbocycles. The minimum atomic E-state index is 0. The number of halogens is 2. The van der Waals surface area contributed by atoms with E-state index in [1.54, 1.807) is 7.11 Å². The Hall–Kier alpha value is -0.570. The lowest BCUT2D eigenvalue weighted by atomic mass is 9.97. The van der Waals surface area contributed by atoms with Gasteiger partial charge in [0.1, 0.15) is 0 Å². The number of guanidine groups is 1. The van der Waals surface area contributed by atoms with E-state index < -0.39 is 0 Å². The predicted octanol–water partition coefficient (Wildman–Crippen LogP) is 3.32. The predicted molar refractivity (Wildman–Crippen MR) is 121 cm³/mol. The molecule has 0 aromatic heterocycles. The average Bonchev–Trinajstić information content (AvgIpc) is 2.61. The number of ether oxygens (including phenoxy) is 1. The molecule has 1 aliphatic heterocycles. The highest BCUT2D eigenvalue weighted by molar-refractivity contribution is 14.0. The van der Waals surface area contributed by atoms with Gasteiger partial charge < -0.3 is 19.9 Å². The van der Waals surface area contributed by atoms with Gasteiger partial charge in [-0.15, -0.1) is 24.0 Å². The summed E-state index contributed by atoms with van der Waals surface area (Å²) in [4.78, 5) is 9.04. The van der Waals surface area contributed by atoms with Crippen LogP contribution in [0.3, 0.4) is 0 Å². The van der Waals surface area contributed by atoms with Gasteiger partial charge in [-0.25, -0.2) is 0 Å². The normalized spacial score (nSPS) is 16.2. The molecule has 2 rings (SSSR count). The van der Waals surface area contributed by atoms with Gasteiger partial charge in [0.05, 0.1) is 6.61 Å². The van der Waals surface area contributed by atoms with E-state index in [0.29, 0.717) is 5.92 Å². The fraction of sp³-hybridized carbons (Fsp3) is 0.632. The minimum absolute atomic E-state index is 0. The summed E-state index contributed by atoms with van der Waals surface area (Å²) in [6.07, 6.45) is 2.46. The van der Waals surface area contributed by atoms with Crippen LogP contribution < -0.4 is 5.32 Å². The van der Waals surface area contributed by atoms with Gasteiger partial charge in [0.15, 0.2) is 5.96 Å². The number of hydrogen-bond acceptors (Lipinski definition) is 3. The molecule has 0 saturated carbocycles. The number of hydrogen-bond donors (Lipinski definition) is 1. The molecule has 26 heavy (non-hydrogen) atoms. The zero-order valence-corrected chi connectivity index (χ0v) is 19.2. The smallest absolute Gasteiger partial charge is 0.193 e. The lowest BCUT2D eigenvalue weighted by molar-refractivity contribution is 0.120. The summed E-state index contributed by atoms with van der Waals surface area (Å²) in [5, 5.41) is 4.30. The van der Waals surface area contributed by atoms with Crippen molar-refractivity contribution in [3.63, 3.8) is 0 Å². The van der Waals surface area contributed by atoms with Gasteiger partial charge in [0.25, 0.3) is 0 Å². The first-order valence-corrected chi connectivity index (χ1v) is 9.37. The molecule has 0 spiro atoms. The summed E-state index contributed by atoms with van der Waals surface area (Å²) < 4.78 is 5.16. The van der Waals surface area contributed by atoms with E-state index in [2.05, 4.69) is 33.2 Å². The van der Waals surface area contributed by atoms with Gasteiger partial charge in [0.2, 0.25) is 0 Å². The number of rotatable bonds is 7. The molecule has 0 amide bonds. The molecule has 1 N–H and O–H groups in total. The fourth-order valence-electron chi connectivity index (χ4n) is 3.24. The zero-order chi connectivity index (χ0) is 18.1. The van der Waals surface area contributed by atoms with Crippen LogP contribution in [0.2, 0.25) is 5.02 Å². The Balaban J connectivity index is 0.00000338. The summed E-state index contributed by atoms with van der Waals surface area (Å²) in [5.74, 6) is 1.64. The molecule has 0 unspecified atom stereocenters. The largest absolute Gasteiger partial charge is 0.383 e. The van der Waals surface area contributed by atoms with E-state index in [4.69, 9.17) is 16.3 Å². The second-order valence-electron chi connectivity index (χ2n) is 6.69. The molecule has 7 heteroatoms. The lowest BCUT2D eigenvalue weighted by Gasteiger charge is -2.32. The third kappa shape index (κ3) is 7.98. The van der Waals surface area contributed by atoms with Crippen LogP contribution >= 0.6 is 35.6 Å². The van der Waals surface area contributed by atoms with Crippen LogP contribution in [-0.4, -0.2) is 69.8 Å². The van der Waals surface area contributed by atoms with Crippen molar-refractivity contribution in [2.45, 2.75) is 19.4 Å². The highest BCUT2D eigenvalue weighted by Gasteiger charge is 2.19. The van der Waals surface area contributed by atoms with E-state index in [1.807, 2.05) is 25.2 Å². The number of piperidine rings is 1. The fourth-order valence-corrected chi connectivity index (χ4v) is 3.45. The SMILES string of the molecule is CN=C(NCC1CCN(CCOC)CC1)N(C)Cc1cccc(Cl)c1.I. The second-order valence-corrected chi connectivity index (χ2v) is 7.13. The molecule has 0 bridgehead atoms. The molecule has 148 valence electrons. The quantitative estimate of drug-likeness (QED) is 0.359. The lowest BCUT2D eigenvalue weighted by Crippen LogP contribution is -2.43. The number of aliphatic imine (C=N–C) groups is 1. The van der Waals surface area contributed by atoms with Crippen LogP contribution in [0.15, 0.2) is 29.3 Å². The summed E-state index contributed by atoms with van der Waals surface area (Å²) in [6, 6.07) is 7.97. The first-order valence-electron chi connectivity index (χ1n) is 9.00. The van der Waals surface area contributed by atoms with Crippen molar-refractivity contribution in [3.05, 3.63) is 34.9 Å². The monoisotopic (exact) mass is 494 g/mol. The standard InChI is InChI=1S/C19H31ClN4O.HI/c1-21-19(23(2)15-17-5-4-6-18(20)13-17)22-14-16-7-9-24(10-8-16)11-12-25-3;/h4-6,13,16H,7-12,14-15H2,1-3H3,(H,21,22);1H. The van der Waals surface area contributed by atoms with Crippen molar-refractivity contribution >= 4 is 41.5 Å². The van der Waals surface area contributed by atoms with E-state index in [0.717, 1.165) is 50.3 Å². The molecule has 1 aliphatic rings. The van der Waals surface area contributed by atoms with E-state index in [1.165, 1.54) is 18.4 Å². The molecule has 1 aromatic carbocycles. The average molecular weight is 495 g/mol. The molecule has 1 aromatic rings. The zero-order valence-electron chi connectivity index (χ0n) is 16.1. The summed E-state index contributed by atoms with van der Waals surface area (Å²) in [5.41, 5.74) is 1.18. The molecule has 5 nitrogen and oxygen atoms in total. The number of likely N-dealkylation sites (tertiary alicyclic amines) is 1. The Kier molecular flexibility index (Phi) is 11.5. The van der Waals surface area contributed by atoms with Crippen LogP contribution in [0.1, 0.15) is 18.4 Å². The molecule has 1 saturated heterocycles. The Morgan fingerprint density at radius 2 is 2.12 bits per heavy atom. The molecule has 0 radical (unpaired) electrons. The topological polar surface area (TPSA) is 40.1 Å². The molecule has 0 atom stereocenters. The van der Waals surface area contributed by atoms with E-state index in [-0.39, 0.29) is 24.0 Å². The van der Waals surface area contributed by atoms with Crippen LogP contribution in [0.4, 0.5) is 0 Å². The van der Waals surface area contributed by atoms with Crippen molar-refractivity contribution in [1.29, 1.82) is 0 Å². The minimum Gasteiger partial charge on any atom is -0.383 e. The summed E-state index contributed by atoms with van der Waals surface area (Å²) in [7, 11) is 5.66. The van der Waals surface area contributed by atoms with Crippen molar-refractivity contribution in [2.75, 3.05) is 54.0 Å². The number of benzene rings is 1. The van der Waals surface area contributed by atoms with Gasteiger partial charge in [-0.3, -0.25) is 4.99 Å². The third-order valence-corrected chi connectivity index (χ3v) is 4.98. The van der Waals surface area contributed by atoms with Crippen molar-refractivity contribution in [3.8, 4) is 0 Å². The number of methoxy groups -OCH3 is 1. The first-order chi connectivity index (χ1) is 12.1. The summed E-state index contributed by atoms with van der Waals surface area (Å²) in [6.45, 7) is 5.95. The number of nitrogens with one attached hydrogen (secondary N) is 1. The van der Waals surface area contributed by atoms with Crippen LogP contribution in [0, 0.1) is 5.92 Å². The van der Waals surface area contributed by atoms with Gasteiger partial charge in [0, 0.05) is 45.9 Å². The van der Waals surface area contributed by atoms with Crippen molar-refractivity contribution < 1.29 is 4.74 Å². The highest BCUT2D eigenvalue weighted by Crippen LogP contribution is 2.16. The van der Waals surface area contributed by atoms with Gasteiger partial charge in [-0.1, -0.05) is 23.7 Å². The molecule has 1 heterocycles. The molecule has 1 fully saturated rings. The summed E-state index contributed by atoms with van der Waals surface area (Å²) >= 11 is 6.07. The maximum Gasteiger partial charge on any atom is 0.193 e. The van der Waals surface area contributed by atoms with E-state index >= 15 is 0 Å². The van der Waals surface area contributed by atoms with Crippen LogP contribution in [0.5, 0.6) is 0 Å². The van der Waals surface area contributed by atoms with Gasteiger partial charge >= 0.3 is 0 Å². The highest BCUT2D eigenvalue weighted by atomic mass is 127. The Morgan fingerprint density at radius 1 is 1.38 bits per heavy atom. The van der Waals surface area contributed by atoms with Crippen molar-refractivity contribution in [2.24, 2.45) is 10.9 Å². The Morgan fingerprint density at radius 3 is 2.73 bits per heavy atom. The third-order valence-electron chi connectivity index (χ3n) is 4.75. The Labute approximate surface area is 180 Å².